The zero-order valence-electron chi connectivity index (χ0n) is 13.9. The van der Waals surface area contributed by atoms with E-state index in [4.69, 9.17) is 14.2 Å². The van der Waals surface area contributed by atoms with E-state index < -0.39 is 11.9 Å². The van der Waals surface area contributed by atoms with Crippen molar-refractivity contribution >= 4 is 11.6 Å². The molecule has 4 rings (SSSR count). The highest BCUT2D eigenvalue weighted by atomic mass is 16.8. The topological polar surface area (TPSA) is 82.1 Å². The first-order valence-electron chi connectivity index (χ1n) is 7.84. The summed E-state index contributed by atoms with van der Waals surface area (Å²) in [6.45, 7) is 5.20. The van der Waals surface area contributed by atoms with Gasteiger partial charge >= 0.3 is 0 Å². The molecule has 0 spiro atoms. The number of methoxy groups -OCH3 is 1. The van der Waals surface area contributed by atoms with Crippen molar-refractivity contribution in [2.75, 3.05) is 7.11 Å². The summed E-state index contributed by atoms with van der Waals surface area (Å²) in [5, 5.41) is 10.5. The predicted octanol–water partition coefficient (Wildman–Crippen LogP) is 2.44. The third-order valence-electron chi connectivity index (χ3n) is 4.89. The second-order valence-corrected chi connectivity index (χ2v) is 6.83. The number of fused-ring (bicyclic) bond motifs is 5. The predicted molar refractivity (Wildman–Crippen MR) is 83.0 cm³/mol. The van der Waals surface area contributed by atoms with Gasteiger partial charge in [-0.15, -0.1) is 0 Å². The molecular formula is C18H18O6. The molecule has 2 atom stereocenters. The van der Waals surface area contributed by atoms with Gasteiger partial charge in [0.25, 0.3) is 0 Å². The molecule has 126 valence electrons. The fourth-order valence-electron chi connectivity index (χ4n) is 3.97. The molecule has 1 heterocycles. The molecule has 6 nitrogen and oxygen atoms in total. The van der Waals surface area contributed by atoms with Crippen molar-refractivity contribution in [3.05, 3.63) is 39.7 Å². The number of aromatic hydroxyl groups is 1. The summed E-state index contributed by atoms with van der Waals surface area (Å²) >= 11 is 0. The molecular weight excluding hydrogens is 312 g/mol. The Morgan fingerprint density at radius 1 is 1.25 bits per heavy atom. The lowest BCUT2D eigenvalue weighted by molar-refractivity contribution is -0.148. The molecule has 1 saturated heterocycles. The van der Waals surface area contributed by atoms with E-state index in [9.17, 15) is 14.7 Å². The monoisotopic (exact) mass is 330 g/mol. The van der Waals surface area contributed by atoms with Crippen LogP contribution in [0.4, 0.5) is 0 Å². The molecule has 2 aliphatic carbocycles. The molecule has 1 N–H and O–H groups in total. The van der Waals surface area contributed by atoms with Crippen LogP contribution in [0.1, 0.15) is 58.7 Å². The summed E-state index contributed by atoms with van der Waals surface area (Å²) in [6, 6.07) is 1.34. The second kappa shape index (κ2) is 4.68. The number of hydrogen-bond acceptors (Lipinski definition) is 6. The van der Waals surface area contributed by atoms with Gasteiger partial charge in [0.15, 0.2) is 17.3 Å². The van der Waals surface area contributed by atoms with E-state index in [0.29, 0.717) is 23.1 Å². The van der Waals surface area contributed by atoms with Gasteiger partial charge in [-0.25, -0.2) is 0 Å². The maximum absolute atomic E-state index is 12.8. The van der Waals surface area contributed by atoms with Gasteiger partial charge in [0.1, 0.15) is 11.9 Å². The zero-order valence-corrected chi connectivity index (χ0v) is 13.9. The standard InChI is InChI=1S/C18H18O6/c1-7-14(20)12-8-6-11-17(24-18(2,3)23-11)13(8)10(19)5-9(12)15(21)16(7)22-4/h5,11,17,19H,6H2,1-4H3. The maximum atomic E-state index is 12.8. The molecule has 1 aromatic carbocycles. The minimum atomic E-state index is -0.742. The average molecular weight is 330 g/mol. The Labute approximate surface area is 139 Å². The molecule has 0 aromatic heterocycles. The minimum Gasteiger partial charge on any atom is -0.508 e. The van der Waals surface area contributed by atoms with Crippen LogP contribution in [-0.2, 0) is 20.6 Å². The lowest BCUT2D eigenvalue weighted by Gasteiger charge is -2.23. The highest BCUT2D eigenvalue weighted by molar-refractivity contribution is 6.26. The number of Topliss-reactive ketones (excluding diaryl/α,β-unsaturated/α-hetero) is 2. The van der Waals surface area contributed by atoms with Gasteiger partial charge in [-0.2, -0.15) is 0 Å². The van der Waals surface area contributed by atoms with Crippen LogP contribution in [0.15, 0.2) is 17.4 Å². The van der Waals surface area contributed by atoms with E-state index in [-0.39, 0.29) is 40.3 Å². The maximum Gasteiger partial charge on any atom is 0.228 e. The van der Waals surface area contributed by atoms with E-state index in [2.05, 4.69) is 0 Å². The number of rotatable bonds is 1. The van der Waals surface area contributed by atoms with Gasteiger partial charge < -0.3 is 19.3 Å². The lowest BCUT2D eigenvalue weighted by Crippen LogP contribution is -2.25. The molecule has 1 fully saturated rings. The van der Waals surface area contributed by atoms with Crippen molar-refractivity contribution in [3.63, 3.8) is 0 Å². The summed E-state index contributed by atoms with van der Waals surface area (Å²) in [6.07, 6.45) is -0.283. The third kappa shape index (κ3) is 1.84. The first-order valence-corrected chi connectivity index (χ1v) is 7.84. The first kappa shape index (κ1) is 15.4. The molecule has 0 radical (unpaired) electrons. The number of phenolic OH excluding ortho intramolecular Hbond substituents is 1. The van der Waals surface area contributed by atoms with Gasteiger partial charge in [-0.1, -0.05) is 0 Å². The largest absolute Gasteiger partial charge is 0.508 e. The number of allylic oxidation sites excluding steroid dienone is 2. The highest BCUT2D eigenvalue weighted by Gasteiger charge is 2.50. The fourth-order valence-corrected chi connectivity index (χ4v) is 3.97. The Morgan fingerprint density at radius 2 is 1.96 bits per heavy atom. The quantitative estimate of drug-likeness (QED) is 0.852. The molecule has 3 aliphatic rings. The van der Waals surface area contributed by atoms with Gasteiger partial charge in [-0.3, -0.25) is 9.59 Å². The van der Waals surface area contributed by atoms with Crippen molar-refractivity contribution in [2.24, 2.45) is 0 Å². The molecule has 1 aromatic rings. The van der Waals surface area contributed by atoms with Crippen molar-refractivity contribution < 1.29 is 28.9 Å². The molecule has 24 heavy (non-hydrogen) atoms. The molecule has 6 heteroatoms. The van der Waals surface area contributed by atoms with E-state index in [1.807, 2.05) is 13.8 Å². The third-order valence-corrected chi connectivity index (χ3v) is 4.89. The summed E-state index contributed by atoms with van der Waals surface area (Å²) in [5.41, 5.74) is 1.99. The normalized spacial score (nSPS) is 27.2. The SMILES string of the molecule is COC1=C(C)C(=O)c2c(cc(O)c3c2CC2OC(C)(C)OC32)C1=O. The number of carbonyl (C=O) groups is 2. The molecule has 2 unspecified atom stereocenters. The Hall–Kier alpha value is -2.18. The van der Waals surface area contributed by atoms with Gasteiger partial charge in [0.05, 0.1) is 13.2 Å². The summed E-state index contributed by atoms with van der Waals surface area (Å²) < 4.78 is 16.8. The summed E-state index contributed by atoms with van der Waals surface area (Å²) in [7, 11) is 1.36. The van der Waals surface area contributed by atoms with Crippen LogP contribution in [0.5, 0.6) is 5.75 Å². The number of ketones is 2. The van der Waals surface area contributed by atoms with E-state index in [1.165, 1.54) is 13.2 Å². The van der Waals surface area contributed by atoms with E-state index in [1.54, 1.807) is 6.92 Å². The Kier molecular flexibility index (Phi) is 2.99. The number of phenols is 1. The minimum absolute atomic E-state index is 0.0266. The van der Waals surface area contributed by atoms with Crippen LogP contribution in [0.3, 0.4) is 0 Å². The highest BCUT2D eigenvalue weighted by Crippen LogP contribution is 2.51. The summed E-state index contributed by atoms with van der Waals surface area (Å²) in [5.74, 6) is -1.40. The van der Waals surface area contributed by atoms with Crippen LogP contribution in [0, 0.1) is 0 Å². The molecule has 1 aliphatic heterocycles. The summed E-state index contributed by atoms with van der Waals surface area (Å²) in [4.78, 5) is 25.4. The van der Waals surface area contributed by atoms with Crippen LogP contribution < -0.4 is 0 Å². The lowest BCUT2D eigenvalue weighted by atomic mass is 9.84. The van der Waals surface area contributed by atoms with Gasteiger partial charge in [0.2, 0.25) is 5.78 Å². The zero-order chi connectivity index (χ0) is 17.4. The first-order chi connectivity index (χ1) is 11.2. The van der Waals surface area contributed by atoms with Gasteiger partial charge in [-0.05, 0) is 32.4 Å². The Balaban J connectivity index is 1.92. The van der Waals surface area contributed by atoms with Crippen molar-refractivity contribution in [3.8, 4) is 5.75 Å². The Morgan fingerprint density at radius 3 is 2.62 bits per heavy atom. The second-order valence-electron chi connectivity index (χ2n) is 6.83. The van der Waals surface area contributed by atoms with Crippen molar-refractivity contribution in [2.45, 2.75) is 45.2 Å². The van der Waals surface area contributed by atoms with E-state index in [0.717, 1.165) is 0 Å². The Bertz CT molecular complexity index is 832. The van der Waals surface area contributed by atoms with Crippen LogP contribution in [0.2, 0.25) is 0 Å². The molecule has 0 amide bonds. The van der Waals surface area contributed by atoms with Crippen molar-refractivity contribution in [1.82, 2.24) is 0 Å². The molecule has 0 bridgehead atoms. The fraction of sp³-hybridized carbons (Fsp3) is 0.444. The number of carbonyl (C=O) groups excluding carboxylic acids is 2. The number of benzene rings is 1. The van der Waals surface area contributed by atoms with Crippen LogP contribution in [-0.4, -0.2) is 35.7 Å². The number of hydrogen-bond donors (Lipinski definition) is 1. The van der Waals surface area contributed by atoms with Crippen LogP contribution >= 0.6 is 0 Å². The number of ether oxygens (including phenoxy) is 3. The average Bonchev–Trinajstić information content (AvgIpc) is 2.97. The van der Waals surface area contributed by atoms with E-state index >= 15 is 0 Å². The van der Waals surface area contributed by atoms with Gasteiger partial charge in [0, 0.05) is 28.7 Å². The van der Waals surface area contributed by atoms with Crippen LogP contribution in [0.25, 0.3) is 0 Å². The van der Waals surface area contributed by atoms with Crippen molar-refractivity contribution in [1.29, 1.82) is 0 Å². The molecule has 0 saturated carbocycles. The smallest absolute Gasteiger partial charge is 0.228 e.